The number of para-hydroxylation sites is 1. The first kappa shape index (κ1) is 14.4. The minimum absolute atomic E-state index is 0.170. The predicted molar refractivity (Wildman–Crippen MR) is 76.9 cm³/mol. The third-order valence-electron chi connectivity index (χ3n) is 3.20. The topological polar surface area (TPSA) is 25.5 Å². The summed E-state index contributed by atoms with van der Waals surface area (Å²) in [6.45, 7) is 0.312. The fraction of sp³-hybridized carbons (Fsp3) is 0.118. The second-order valence-electron chi connectivity index (χ2n) is 4.79. The van der Waals surface area contributed by atoms with Crippen LogP contribution in [0.4, 0.5) is 13.2 Å². The first-order valence-electron chi connectivity index (χ1n) is 6.68. The van der Waals surface area contributed by atoms with Crippen molar-refractivity contribution in [2.24, 2.45) is 4.99 Å². The minimum Gasteiger partial charge on any atom is -0.451 e. The Morgan fingerprint density at radius 2 is 1.59 bits per heavy atom. The van der Waals surface area contributed by atoms with Gasteiger partial charge in [0.25, 0.3) is 0 Å². The number of nitrogens with zero attached hydrogens (tertiary/aromatic N) is 1. The minimum atomic E-state index is -4.54. The molecule has 1 aromatic heterocycles. The van der Waals surface area contributed by atoms with Gasteiger partial charge in [0, 0.05) is 11.5 Å². The summed E-state index contributed by atoms with van der Waals surface area (Å²) in [6, 6.07) is 16.9. The van der Waals surface area contributed by atoms with E-state index in [0.717, 1.165) is 11.6 Å². The lowest BCUT2D eigenvalue weighted by atomic mass is 10.2. The lowest BCUT2D eigenvalue weighted by molar-refractivity contribution is -0.152. The first-order chi connectivity index (χ1) is 10.5. The summed E-state index contributed by atoms with van der Waals surface area (Å²) in [4.78, 5) is 4.32. The van der Waals surface area contributed by atoms with Gasteiger partial charge in [0.1, 0.15) is 5.58 Å². The molecule has 22 heavy (non-hydrogen) atoms. The second kappa shape index (κ2) is 5.67. The average Bonchev–Trinajstić information content (AvgIpc) is 2.52. The highest BCUT2D eigenvalue weighted by molar-refractivity contribution is 5.75. The SMILES string of the molecule is FC(F)(F)c1cc(=NCc2ccccc2)c2ccccc2o1. The number of fused-ring (bicyclic) bond motifs is 1. The molecular formula is C17H12F3NO. The van der Waals surface area contributed by atoms with Gasteiger partial charge < -0.3 is 4.42 Å². The molecule has 3 rings (SSSR count). The van der Waals surface area contributed by atoms with Crippen molar-refractivity contribution in [3.8, 4) is 0 Å². The average molecular weight is 303 g/mol. The van der Waals surface area contributed by atoms with Crippen molar-refractivity contribution >= 4 is 11.0 Å². The fourth-order valence-corrected chi connectivity index (χ4v) is 2.15. The van der Waals surface area contributed by atoms with Crippen LogP contribution in [0.3, 0.4) is 0 Å². The largest absolute Gasteiger partial charge is 0.451 e. The molecule has 0 aliphatic rings. The van der Waals surface area contributed by atoms with E-state index in [0.29, 0.717) is 11.9 Å². The van der Waals surface area contributed by atoms with Crippen molar-refractivity contribution in [1.29, 1.82) is 0 Å². The molecule has 0 aliphatic heterocycles. The highest BCUT2D eigenvalue weighted by Gasteiger charge is 2.34. The van der Waals surface area contributed by atoms with E-state index in [1.54, 1.807) is 18.2 Å². The Morgan fingerprint density at radius 3 is 2.32 bits per heavy atom. The van der Waals surface area contributed by atoms with Gasteiger partial charge in [0.05, 0.1) is 11.9 Å². The number of alkyl halides is 3. The second-order valence-corrected chi connectivity index (χ2v) is 4.79. The molecule has 0 saturated heterocycles. The molecule has 0 unspecified atom stereocenters. The van der Waals surface area contributed by atoms with Gasteiger partial charge in [-0.15, -0.1) is 0 Å². The van der Waals surface area contributed by atoms with Gasteiger partial charge in [-0.05, 0) is 17.7 Å². The number of hydrogen-bond donors (Lipinski definition) is 0. The first-order valence-corrected chi connectivity index (χ1v) is 6.68. The molecule has 0 atom stereocenters. The van der Waals surface area contributed by atoms with Crippen LogP contribution in [-0.4, -0.2) is 0 Å². The molecule has 2 aromatic carbocycles. The highest BCUT2D eigenvalue weighted by Crippen LogP contribution is 2.29. The van der Waals surface area contributed by atoms with E-state index in [1.807, 2.05) is 30.3 Å². The number of halogens is 3. The zero-order chi connectivity index (χ0) is 15.6. The number of hydrogen-bond acceptors (Lipinski definition) is 2. The van der Waals surface area contributed by atoms with Crippen LogP contribution in [0.1, 0.15) is 11.3 Å². The summed E-state index contributed by atoms with van der Waals surface area (Å²) in [5.41, 5.74) is 1.10. The van der Waals surface area contributed by atoms with E-state index in [1.165, 1.54) is 6.07 Å². The van der Waals surface area contributed by atoms with Gasteiger partial charge in [0.15, 0.2) is 0 Å². The van der Waals surface area contributed by atoms with Crippen LogP contribution in [0.15, 0.2) is 70.1 Å². The Kier molecular flexibility index (Phi) is 3.71. The summed E-state index contributed by atoms with van der Waals surface area (Å²) in [5, 5.41) is 0.837. The zero-order valence-electron chi connectivity index (χ0n) is 11.5. The van der Waals surface area contributed by atoms with Gasteiger partial charge in [-0.25, -0.2) is 0 Å². The third-order valence-corrected chi connectivity index (χ3v) is 3.20. The van der Waals surface area contributed by atoms with Crippen molar-refractivity contribution in [1.82, 2.24) is 0 Å². The van der Waals surface area contributed by atoms with Crippen LogP contribution in [-0.2, 0) is 12.7 Å². The van der Waals surface area contributed by atoms with E-state index in [9.17, 15) is 13.2 Å². The Labute approximate surface area is 124 Å². The van der Waals surface area contributed by atoms with Gasteiger partial charge in [-0.2, -0.15) is 13.2 Å². The van der Waals surface area contributed by atoms with Crippen LogP contribution >= 0.6 is 0 Å². The predicted octanol–water partition coefficient (Wildman–Crippen LogP) is 4.55. The molecule has 0 spiro atoms. The molecule has 0 amide bonds. The van der Waals surface area contributed by atoms with Gasteiger partial charge in [-0.1, -0.05) is 42.5 Å². The summed E-state index contributed by atoms with van der Waals surface area (Å²) >= 11 is 0. The van der Waals surface area contributed by atoms with Crippen LogP contribution < -0.4 is 5.36 Å². The van der Waals surface area contributed by atoms with Crippen molar-refractivity contribution in [2.75, 3.05) is 0 Å². The molecule has 3 aromatic rings. The maximum atomic E-state index is 12.9. The van der Waals surface area contributed by atoms with Crippen LogP contribution in [0, 0.1) is 0 Å². The maximum absolute atomic E-state index is 12.9. The molecule has 0 fully saturated rings. The summed E-state index contributed by atoms with van der Waals surface area (Å²) in [5.74, 6) is -1.04. The number of rotatable bonds is 2. The van der Waals surface area contributed by atoms with E-state index < -0.39 is 11.9 Å². The van der Waals surface area contributed by atoms with E-state index in [4.69, 9.17) is 4.42 Å². The molecular weight excluding hydrogens is 291 g/mol. The van der Waals surface area contributed by atoms with Crippen molar-refractivity contribution in [3.05, 3.63) is 77.3 Å². The summed E-state index contributed by atoms with van der Waals surface area (Å²) < 4.78 is 43.7. The van der Waals surface area contributed by atoms with Crippen LogP contribution in [0.5, 0.6) is 0 Å². The highest BCUT2D eigenvalue weighted by atomic mass is 19.4. The Hall–Kier alpha value is -2.56. The van der Waals surface area contributed by atoms with Gasteiger partial charge in [-0.3, -0.25) is 4.99 Å². The molecule has 0 N–H and O–H groups in total. The maximum Gasteiger partial charge on any atom is 0.449 e. The molecule has 0 aliphatic carbocycles. The van der Waals surface area contributed by atoms with Crippen molar-refractivity contribution < 1.29 is 17.6 Å². The normalized spacial score (nSPS) is 12.8. The molecule has 1 heterocycles. The number of benzene rings is 2. The van der Waals surface area contributed by atoms with Crippen LogP contribution in [0.2, 0.25) is 0 Å². The van der Waals surface area contributed by atoms with Crippen molar-refractivity contribution in [3.63, 3.8) is 0 Å². The van der Waals surface area contributed by atoms with E-state index in [2.05, 4.69) is 4.99 Å². The molecule has 0 bridgehead atoms. The van der Waals surface area contributed by atoms with Crippen molar-refractivity contribution in [2.45, 2.75) is 12.7 Å². The van der Waals surface area contributed by atoms with Gasteiger partial charge >= 0.3 is 6.18 Å². The molecule has 0 radical (unpaired) electrons. The Bertz CT molecular complexity index is 851. The molecule has 112 valence electrons. The Balaban J connectivity index is 2.14. The smallest absolute Gasteiger partial charge is 0.449 e. The monoisotopic (exact) mass is 303 g/mol. The molecule has 0 saturated carbocycles. The summed E-state index contributed by atoms with van der Waals surface area (Å²) in [7, 11) is 0. The third kappa shape index (κ3) is 3.03. The van der Waals surface area contributed by atoms with Crippen LogP contribution in [0.25, 0.3) is 11.0 Å². The fourth-order valence-electron chi connectivity index (χ4n) is 2.15. The van der Waals surface area contributed by atoms with E-state index >= 15 is 0 Å². The Morgan fingerprint density at radius 1 is 0.909 bits per heavy atom. The lowest BCUT2D eigenvalue weighted by Gasteiger charge is -2.07. The van der Waals surface area contributed by atoms with Gasteiger partial charge in [0.2, 0.25) is 5.76 Å². The molecule has 5 heteroatoms. The lowest BCUT2D eigenvalue weighted by Crippen LogP contribution is -2.12. The van der Waals surface area contributed by atoms with E-state index in [-0.39, 0.29) is 10.9 Å². The standard InChI is InChI=1S/C17H12F3NO/c18-17(19,20)16-10-14(13-8-4-5-9-15(13)22-16)21-11-12-6-2-1-3-7-12/h1-10H,11H2. The summed E-state index contributed by atoms with van der Waals surface area (Å²) in [6.07, 6.45) is -4.54. The quantitative estimate of drug-likeness (QED) is 0.681. The zero-order valence-corrected chi connectivity index (χ0v) is 11.5. The molecule has 2 nitrogen and oxygen atoms in total.